The summed E-state index contributed by atoms with van der Waals surface area (Å²) in [5.74, 6) is 0.658. The first-order valence-electron chi connectivity index (χ1n) is 6.73. The Morgan fingerprint density at radius 2 is 2.05 bits per heavy atom. The van der Waals surface area contributed by atoms with E-state index in [0.29, 0.717) is 5.75 Å². The van der Waals surface area contributed by atoms with Gasteiger partial charge in [0.15, 0.2) is 6.61 Å². The van der Waals surface area contributed by atoms with Gasteiger partial charge in [-0.2, -0.15) is 0 Å². The number of amides is 1. The fourth-order valence-electron chi connectivity index (χ4n) is 1.68. The topological polar surface area (TPSA) is 55.6 Å². The lowest BCUT2D eigenvalue weighted by molar-refractivity contribution is -0.133. The molecule has 1 rings (SSSR count). The maximum Gasteiger partial charge on any atom is 0.260 e. The quantitative estimate of drug-likeness (QED) is 0.864. The molecule has 1 unspecified atom stereocenters. The Labute approximate surface area is 129 Å². The molecule has 2 N–H and O–H groups in total. The number of carbonyl (C=O) groups is 1. The summed E-state index contributed by atoms with van der Waals surface area (Å²) in [4.78, 5) is 13.5. The monoisotopic (exact) mass is 342 g/mol. The van der Waals surface area contributed by atoms with Gasteiger partial charge in [-0.3, -0.25) is 4.79 Å². The molecular weight excluding hydrogens is 320 g/mol. The Hall–Kier alpha value is -1.07. The Morgan fingerprint density at radius 1 is 1.40 bits per heavy atom. The van der Waals surface area contributed by atoms with Crippen molar-refractivity contribution >= 4 is 21.8 Å². The number of nitrogens with two attached hydrogens (primary N) is 1. The van der Waals surface area contributed by atoms with E-state index in [4.69, 9.17) is 10.5 Å². The number of carbonyl (C=O) groups excluding carboxylic acids is 1. The van der Waals surface area contributed by atoms with E-state index in [1.165, 1.54) is 0 Å². The molecule has 1 aromatic rings. The second-order valence-corrected chi connectivity index (χ2v) is 6.18. The van der Waals surface area contributed by atoms with Crippen LogP contribution in [0.15, 0.2) is 22.7 Å². The zero-order valence-corrected chi connectivity index (χ0v) is 14.1. The highest BCUT2D eigenvalue weighted by Crippen LogP contribution is 2.23. The number of nitrogens with zero attached hydrogens (tertiary/aromatic N) is 1. The van der Waals surface area contributed by atoms with Crippen molar-refractivity contribution < 1.29 is 9.53 Å². The van der Waals surface area contributed by atoms with Crippen molar-refractivity contribution in [3.8, 4) is 5.75 Å². The number of hydrogen-bond acceptors (Lipinski definition) is 3. The Kier molecular flexibility index (Phi) is 6.49. The van der Waals surface area contributed by atoms with Crippen LogP contribution in [0.1, 0.15) is 26.3 Å². The molecule has 5 heteroatoms. The van der Waals surface area contributed by atoms with Crippen LogP contribution in [0.4, 0.5) is 0 Å². The molecular formula is C15H23BrN2O2. The highest BCUT2D eigenvalue weighted by atomic mass is 79.9. The van der Waals surface area contributed by atoms with E-state index in [-0.39, 0.29) is 24.6 Å². The lowest BCUT2D eigenvalue weighted by Gasteiger charge is -2.21. The summed E-state index contributed by atoms with van der Waals surface area (Å²) in [6.45, 7) is 5.95. The number of likely N-dealkylation sites (N-methyl/N-ethyl adjacent to an activating group) is 1. The van der Waals surface area contributed by atoms with Gasteiger partial charge in [-0.1, -0.05) is 15.9 Å². The zero-order valence-electron chi connectivity index (χ0n) is 12.5. The summed E-state index contributed by atoms with van der Waals surface area (Å²) in [6.07, 6.45) is 0.762. The van der Waals surface area contributed by atoms with Crippen LogP contribution >= 0.6 is 15.9 Å². The van der Waals surface area contributed by atoms with Gasteiger partial charge in [0.2, 0.25) is 0 Å². The van der Waals surface area contributed by atoms with Crippen molar-refractivity contribution in [2.45, 2.75) is 39.3 Å². The summed E-state index contributed by atoms with van der Waals surface area (Å²) in [7, 11) is 1.78. The Balaban J connectivity index is 2.67. The van der Waals surface area contributed by atoms with Crippen molar-refractivity contribution in [2.24, 2.45) is 5.73 Å². The van der Waals surface area contributed by atoms with Gasteiger partial charge in [-0.05, 0) is 51.0 Å². The number of halogens is 1. The zero-order chi connectivity index (χ0) is 15.3. The molecule has 0 saturated carbocycles. The van der Waals surface area contributed by atoms with Gasteiger partial charge >= 0.3 is 0 Å². The fraction of sp³-hybridized carbons (Fsp3) is 0.533. The van der Waals surface area contributed by atoms with Crippen molar-refractivity contribution in [1.29, 1.82) is 0 Å². The normalized spacial score (nSPS) is 12.3. The lowest BCUT2D eigenvalue weighted by atomic mass is 10.1. The minimum atomic E-state index is -0.0309. The van der Waals surface area contributed by atoms with Crippen molar-refractivity contribution in [3.05, 3.63) is 28.2 Å². The van der Waals surface area contributed by atoms with Crippen LogP contribution in [0.3, 0.4) is 0 Å². The van der Waals surface area contributed by atoms with Crippen LogP contribution in [-0.4, -0.2) is 36.5 Å². The predicted octanol–water partition coefficient (Wildman–Crippen LogP) is 2.58. The number of rotatable bonds is 6. The number of benzene rings is 1. The third kappa shape index (κ3) is 5.13. The lowest BCUT2D eigenvalue weighted by Crippen LogP contribution is -2.36. The standard InChI is InChI=1S/C15H23BrN2O2/c1-10(2)18(4)15(19)9-20-13-5-6-14(16)12(8-13)7-11(3)17/h5-6,8,10-11H,7,9,17H2,1-4H3. The Morgan fingerprint density at radius 3 is 2.60 bits per heavy atom. The van der Waals surface area contributed by atoms with Crippen molar-refractivity contribution in [1.82, 2.24) is 4.90 Å². The summed E-state index contributed by atoms with van der Waals surface area (Å²) >= 11 is 3.49. The smallest absolute Gasteiger partial charge is 0.260 e. The molecule has 0 spiro atoms. The summed E-state index contributed by atoms with van der Waals surface area (Å²) in [6, 6.07) is 5.94. The maximum atomic E-state index is 11.9. The van der Waals surface area contributed by atoms with Crippen LogP contribution in [-0.2, 0) is 11.2 Å². The van der Waals surface area contributed by atoms with Crippen LogP contribution in [0.25, 0.3) is 0 Å². The van der Waals surface area contributed by atoms with Crippen LogP contribution in [0, 0.1) is 0 Å². The SMILES string of the molecule is CC(N)Cc1cc(OCC(=O)N(C)C(C)C)ccc1Br. The molecule has 1 amide bonds. The average Bonchev–Trinajstić information content (AvgIpc) is 2.37. The molecule has 0 aliphatic carbocycles. The van der Waals surface area contributed by atoms with Gasteiger partial charge in [0.25, 0.3) is 5.91 Å². The van der Waals surface area contributed by atoms with Gasteiger partial charge in [0.1, 0.15) is 5.75 Å². The van der Waals surface area contributed by atoms with Crippen molar-refractivity contribution in [2.75, 3.05) is 13.7 Å². The van der Waals surface area contributed by atoms with Gasteiger partial charge in [-0.25, -0.2) is 0 Å². The van der Waals surface area contributed by atoms with Gasteiger partial charge in [0, 0.05) is 23.6 Å². The highest BCUT2D eigenvalue weighted by Gasteiger charge is 2.13. The molecule has 1 atom stereocenters. The van der Waals surface area contributed by atoms with Gasteiger partial charge < -0.3 is 15.4 Å². The van der Waals surface area contributed by atoms with E-state index in [1.807, 2.05) is 39.0 Å². The summed E-state index contributed by atoms with van der Waals surface area (Å²) in [5, 5.41) is 0. The van der Waals surface area contributed by atoms with Gasteiger partial charge in [0.05, 0.1) is 0 Å². The molecule has 0 saturated heterocycles. The largest absolute Gasteiger partial charge is 0.484 e. The predicted molar refractivity (Wildman–Crippen MR) is 84.9 cm³/mol. The third-order valence-electron chi connectivity index (χ3n) is 3.09. The van der Waals surface area contributed by atoms with Crippen LogP contribution < -0.4 is 10.5 Å². The number of ether oxygens (including phenoxy) is 1. The maximum absolute atomic E-state index is 11.9. The average molecular weight is 343 g/mol. The van der Waals surface area contributed by atoms with E-state index in [9.17, 15) is 4.79 Å². The van der Waals surface area contributed by atoms with E-state index in [1.54, 1.807) is 11.9 Å². The van der Waals surface area contributed by atoms with E-state index < -0.39 is 0 Å². The number of hydrogen-bond donors (Lipinski definition) is 1. The van der Waals surface area contributed by atoms with E-state index in [2.05, 4.69) is 15.9 Å². The first-order chi connectivity index (χ1) is 9.31. The second-order valence-electron chi connectivity index (χ2n) is 5.32. The molecule has 0 bridgehead atoms. The van der Waals surface area contributed by atoms with Gasteiger partial charge in [-0.15, -0.1) is 0 Å². The molecule has 4 nitrogen and oxygen atoms in total. The molecule has 0 aliphatic heterocycles. The molecule has 20 heavy (non-hydrogen) atoms. The summed E-state index contributed by atoms with van der Waals surface area (Å²) < 4.78 is 6.57. The first-order valence-corrected chi connectivity index (χ1v) is 7.53. The van der Waals surface area contributed by atoms with Crippen LogP contribution in [0.2, 0.25) is 0 Å². The minimum absolute atomic E-state index is 0.0309. The second kappa shape index (κ2) is 7.64. The van der Waals surface area contributed by atoms with E-state index in [0.717, 1.165) is 16.5 Å². The molecule has 0 aromatic heterocycles. The molecule has 0 aliphatic rings. The minimum Gasteiger partial charge on any atom is -0.484 e. The molecule has 1 aromatic carbocycles. The molecule has 112 valence electrons. The molecule has 0 heterocycles. The highest BCUT2D eigenvalue weighted by molar-refractivity contribution is 9.10. The first kappa shape index (κ1) is 17.0. The fourth-order valence-corrected chi connectivity index (χ4v) is 2.09. The molecule has 0 fully saturated rings. The Bertz CT molecular complexity index is 461. The van der Waals surface area contributed by atoms with Crippen LogP contribution in [0.5, 0.6) is 5.75 Å². The summed E-state index contributed by atoms with van der Waals surface area (Å²) in [5.41, 5.74) is 6.90. The molecule has 0 radical (unpaired) electrons. The van der Waals surface area contributed by atoms with E-state index >= 15 is 0 Å². The third-order valence-corrected chi connectivity index (χ3v) is 3.86. The van der Waals surface area contributed by atoms with Crippen molar-refractivity contribution in [3.63, 3.8) is 0 Å².